The van der Waals surface area contributed by atoms with Crippen molar-refractivity contribution in [2.24, 2.45) is 0 Å². The number of nitrogen functional groups attached to an aromatic ring is 1. The lowest BCUT2D eigenvalue weighted by molar-refractivity contribution is 0.0803. The lowest BCUT2D eigenvalue weighted by Crippen LogP contribution is -2.09. The van der Waals surface area contributed by atoms with Crippen molar-refractivity contribution in [1.29, 1.82) is 0 Å². The van der Waals surface area contributed by atoms with Gasteiger partial charge in [0.15, 0.2) is 11.6 Å². The van der Waals surface area contributed by atoms with E-state index in [0.717, 1.165) is 6.07 Å². The van der Waals surface area contributed by atoms with E-state index in [-0.39, 0.29) is 10.7 Å². The molecule has 0 heterocycles. The average molecular weight is 226 g/mol. The maximum absolute atomic E-state index is 13.0. The summed E-state index contributed by atoms with van der Waals surface area (Å²) in [5, 5.41) is 0.0874. The maximum Gasteiger partial charge on any atom is 0.272 e. The van der Waals surface area contributed by atoms with Crippen molar-refractivity contribution in [2.45, 2.75) is 6.43 Å². The van der Waals surface area contributed by atoms with E-state index in [1.54, 1.807) is 0 Å². The summed E-state index contributed by atoms with van der Waals surface area (Å²) in [6.45, 7) is -0.900. The fourth-order valence-corrected chi connectivity index (χ4v) is 1.09. The van der Waals surface area contributed by atoms with E-state index in [1.807, 2.05) is 0 Å². The smallest absolute Gasteiger partial charge is 0.272 e. The first-order chi connectivity index (χ1) is 6.50. The zero-order valence-electron chi connectivity index (χ0n) is 6.94. The van der Waals surface area contributed by atoms with E-state index >= 15 is 0 Å². The summed E-state index contributed by atoms with van der Waals surface area (Å²) in [4.78, 5) is 0. The first-order valence-electron chi connectivity index (χ1n) is 3.66. The first-order valence-corrected chi connectivity index (χ1v) is 4.04. The molecule has 0 aliphatic carbocycles. The van der Waals surface area contributed by atoms with Crippen LogP contribution in [0.4, 0.5) is 18.9 Å². The summed E-state index contributed by atoms with van der Waals surface area (Å²) in [5.74, 6) is -1.25. The van der Waals surface area contributed by atoms with Gasteiger partial charge in [-0.1, -0.05) is 11.6 Å². The van der Waals surface area contributed by atoms with Crippen LogP contribution in [0.2, 0.25) is 5.02 Å². The molecule has 78 valence electrons. The van der Waals surface area contributed by atoms with Crippen molar-refractivity contribution in [2.75, 3.05) is 12.3 Å². The third kappa shape index (κ3) is 2.70. The van der Waals surface area contributed by atoms with E-state index in [2.05, 4.69) is 4.74 Å². The van der Waals surface area contributed by atoms with Crippen molar-refractivity contribution in [3.63, 3.8) is 0 Å². The molecule has 0 bridgehead atoms. The molecular formula is C8H7ClF3NO. The number of alkyl halides is 2. The zero-order chi connectivity index (χ0) is 10.7. The Bertz CT molecular complexity index is 309. The molecule has 1 aromatic carbocycles. The number of anilines is 1. The fraction of sp³-hybridized carbons (Fsp3) is 0.250. The largest absolute Gasteiger partial charge is 0.482 e. The Labute approximate surface area is 83.4 Å². The van der Waals surface area contributed by atoms with Crippen LogP contribution in [0.3, 0.4) is 0 Å². The second-order valence-electron chi connectivity index (χ2n) is 2.51. The maximum atomic E-state index is 13.0. The number of hydrogen-bond acceptors (Lipinski definition) is 2. The minimum atomic E-state index is -2.68. The predicted octanol–water partition coefficient (Wildman–Crippen LogP) is 2.71. The minimum Gasteiger partial charge on any atom is -0.482 e. The Balaban J connectivity index is 2.86. The van der Waals surface area contributed by atoms with Gasteiger partial charge in [0.2, 0.25) is 0 Å². The molecule has 0 saturated carbocycles. The highest BCUT2D eigenvalue weighted by Gasteiger charge is 2.12. The average Bonchev–Trinajstić information content (AvgIpc) is 2.01. The van der Waals surface area contributed by atoms with Gasteiger partial charge in [-0.05, 0) is 12.1 Å². The topological polar surface area (TPSA) is 35.2 Å². The van der Waals surface area contributed by atoms with Crippen LogP contribution in [0.1, 0.15) is 0 Å². The predicted molar refractivity (Wildman–Crippen MR) is 47.3 cm³/mol. The van der Waals surface area contributed by atoms with Gasteiger partial charge < -0.3 is 10.5 Å². The Kier molecular flexibility index (Phi) is 3.46. The van der Waals surface area contributed by atoms with Crippen molar-refractivity contribution in [1.82, 2.24) is 0 Å². The summed E-state index contributed by atoms with van der Waals surface area (Å²) >= 11 is 5.46. The van der Waals surface area contributed by atoms with Gasteiger partial charge in [0.25, 0.3) is 6.43 Å². The minimum absolute atomic E-state index is 0.0874. The molecule has 0 amide bonds. The highest BCUT2D eigenvalue weighted by molar-refractivity contribution is 6.30. The number of ether oxygens (including phenoxy) is 1. The summed E-state index contributed by atoms with van der Waals surface area (Å²) in [6, 6.07) is 2.17. The standard InChI is InChI=1S/C8H7ClF3NO/c9-4-1-5(10)8(6(13)2-4)14-3-7(11)12/h1-2,7H,3,13H2. The van der Waals surface area contributed by atoms with Gasteiger partial charge in [0.1, 0.15) is 6.61 Å². The van der Waals surface area contributed by atoms with Crippen molar-refractivity contribution < 1.29 is 17.9 Å². The van der Waals surface area contributed by atoms with E-state index in [9.17, 15) is 13.2 Å². The van der Waals surface area contributed by atoms with E-state index in [1.165, 1.54) is 6.07 Å². The molecule has 0 unspecified atom stereocenters. The molecule has 2 N–H and O–H groups in total. The summed E-state index contributed by atoms with van der Waals surface area (Å²) in [7, 11) is 0. The zero-order valence-corrected chi connectivity index (χ0v) is 7.69. The van der Waals surface area contributed by atoms with Gasteiger partial charge in [-0.2, -0.15) is 0 Å². The molecule has 6 heteroatoms. The van der Waals surface area contributed by atoms with Gasteiger partial charge in [-0.15, -0.1) is 0 Å². The van der Waals surface area contributed by atoms with Crippen molar-refractivity contribution in [3.05, 3.63) is 23.0 Å². The van der Waals surface area contributed by atoms with Crippen molar-refractivity contribution >= 4 is 17.3 Å². The van der Waals surface area contributed by atoms with E-state index in [0.29, 0.717) is 0 Å². The third-order valence-electron chi connectivity index (χ3n) is 1.39. The number of rotatable bonds is 3. The van der Waals surface area contributed by atoms with Crippen LogP contribution in [0, 0.1) is 5.82 Å². The quantitative estimate of drug-likeness (QED) is 0.803. The monoisotopic (exact) mass is 225 g/mol. The molecule has 14 heavy (non-hydrogen) atoms. The lowest BCUT2D eigenvalue weighted by atomic mass is 10.3. The molecule has 0 aliphatic heterocycles. The van der Waals surface area contributed by atoms with Gasteiger partial charge in [0.05, 0.1) is 5.69 Å². The molecular weight excluding hydrogens is 219 g/mol. The van der Waals surface area contributed by atoms with E-state index in [4.69, 9.17) is 17.3 Å². The van der Waals surface area contributed by atoms with Crippen LogP contribution in [0.5, 0.6) is 5.75 Å². The number of hydrogen-bond donors (Lipinski definition) is 1. The van der Waals surface area contributed by atoms with Crippen molar-refractivity contribution in [3.8, 4) is 5.75 Å². The molecule has 2 nitrogen and oxygen atoms in total. The Hall–Kier alpha value is -1.10. The van der Waals surface area contributed by atoms with Gasteiger partial charge in [0, 0.05) is 5.02 Å². The molecule has 0 atom stereocenters. The molecule has 1 aromatic rings. The third-order valence-corrected chi connectivity index (χ3v) is 1.61. The van der Waals surface area contributed by atoms with Gasteiger partial charge >= 0.3 is 0 Å². The first kappa shape index (κ1) is 11.0. The van der Waals surface area contributed by atoms with Crippen LogP contribution < -0.4 is 10.5 Å². The molecule has 0 saturated heterocycles. The van der Waals surface area contributed by atoms with Crippen LogP contribution >= 0.6 is 11.6 Å². The lowest BCUT2D eigenvalue weighted by Gasteiger charge is -2.09. The molecule has 0 aliphatic rings. The second-order valence-corrected chi connectivity index (χ2v) is 2.94. The number of halogens is 4. The van der Waals surface area contributed by atoms with Crippen LogP contribution in [0.25, 0.3) is 0 Å². The summed E-state index contributed by atoms with van der Waals surface area (Å²) in [5.41, 5.74) is 5.21. The second kappa shape index (κ2) is 4.41. The highest BCUT2D eigenvalue weighted by Crippen LogP contribution is 2.29. The molecule has 0 spiro atoms. The summed E-state index contributed by atoms with van der Waals surface area (Å²) < 4.78 is 41.0. The molecule has 0 radical (unpaired) electrons. The van der Waals surface area contributed by atoms with E-state index < -0.39 is 24.6 Å². The number of benzene rings is 1. The van der Waals surface area contributed by atoms with Gasteiger partial charge in [-0.3, -0.25) is 0 Å². The molecule has 0 fully saturated rings. The van der Waals surface area contributed by atoms with Crippen LogP contribution in [-0.4, -0.2) is 13.0 Å². The SMILES string of the molecule is Nc1cc(Cl)cc(F)c1OCC(F)F. The summed E-state index contributed by atoms with van der Waals surface area (Å²) in [6.07, 6.45) is -2.68. The van der Waals surface area contributed by atoms with Gasteiger partial charge in [-0.25, -0.2) is 13.2 Å². The number of nitrogens with two attached hydrogens (primary N) is 1. The highest BCUT2D eigenvalue weighted by atomic mass is 35.5. The molecule has 0 aromatic heterocycles. The van der Waals surface area contributed by atoms with Crippen LogP contribution in [-0.2, 0) is 0 Å². The Morgan fingerprint density at radius 3 is 2.57 bits per heavy atom. The van der Waals surface area contributed by atoms with Crippen LogP contribution in [0.15, 0.2) is 12.1 Å². The molecule has 1 rings (SSSR count). The Morgan fingerprint density at radius 2 is 2.07 bits per heavy atom. The normalized spacial score (nSPS) is 10.6. The fourth-order valence-electron chi connectivity index (χ4n) is 0.879. The Morgan fingerprint density at radius 1 is 1.43 bits per heavy atom.